The molecule has 0 aliphatic heterocycles. The van der Waals surface area contributed by atoms with E-state index in [1.807, 2.05) is 30.3 Å². The van der Waals surface area contributed by atoms with E-state index in [0.717, 1.165) is 22.9 Å². The van der Waals surface area contributed by atoms with Crippen molar-refractivity contribution in [2.24, 2.45) is 5.73 Å². The first-order valence-electron chi connectivity index (χ1n) is 7.00. The van der Waals surface area contributed by atoms with Gasteiger partial charge in [0.05, 0.1) is 11.1 Å². The van der Waals surface area contributed by atoms with Crippen molar-refractivity contribution in [1.82, 2.24) is 0 Å². The lowest BCUT2D eigenvalue weighted by molar-refractivity contribution is 0.0840. The van der Waals surface area contributed by atoms with E-state index in [0.29, 0.717) is 11.6 Å². The Morgan fingerprint density at radius 1 is 1.29 bits per heavy atom. The number of hydrogen-bond acceptors (Lipinski definition) is 2. The molecule has 0 spiro atoms. The third-order valence-electron chi connectivity index (χ3n) is 4.54. The molecule has 21 heavy (non-hydrogen) atoms. The van der Waals surface area contributed by atoms with Crippen LogP contribution in [0.4, 0.5) is 0 Å². The molecule has 0 bridgehead atoms. The first kappa shape index (κ1) is 15.0. The fraction of sp³-hybridized carbons (Fsp3) is 0.294. The monoisotopic (exact) mass is 365 g/mol. The lowest BCUT2D eigenvalue weighted by Gasteiger charge is -2.34. The third kappa shape index (κ3) is 2.42. The SMILES string of the molecule is NCC1(C(O)c2ccc(Br)c(Cl)c2)CCc2ccccc21. The highest BCUT2D eigenvalue weighted by atomic mass is 79.9. The molecule has 2 atom stereocenters. The lowest BCUT2D eigenvalue weighted by atomic mass is 9.74. The zero-order chi connectivity index (χ0) is 15.0. The van der Waals surface area contributed by atoms with Gasteiger partial charge in [-0.2, -0.15) is 0 Å². The number of nitrogens with two attached hydrogens (primary N) is 1. The molecule has 2 aromatic carbocycles. The molecule has 2 aromatic rings. The lowest BCUT2D eigenvalue weighted by Crippen LogP contribution is -2.39. The highest BCUT2D eigenvalue weighted by Crippen LogP contribution is 2.47. The van der Waals surface area contributed by atoms with Gasteiger partial charge in [-0.1, -0.05) is 41.9 Å². The van der Waals surface area contributed by atoms with Crippen LogP contribution < -0.4 is 5.73 Å². The maximum Gasteiger partial charge on any atom is 0.0899 e. The number of rotatable bonds is 3. The van der Waals surface area contributed by atoms with Crippen molar-refractivity contribution in [3.8, 4) is 0 Å². The van der Waals surface area contributed by atoms with E-state index in [1.165, 1.54) is 11.1 Å². The molecule has 1 aliphatic carbocycles. The van der Waals surface area contributed by atoms with Crippen LogP contribution in [0.2, 0.25) is 5.02 Å². The van der Waals surface area contributed by atoms with Crippen molar-refractivity contribution < 1.29 is 5.11 Å². The van der Waals surface area contributed by atoms with Crippen molar-refractivity contribution in [3.05, 3.63) is 68.7 Å². The second-order valence-corrected chi connectivity index (χ2v) is 6.86. The first-order chi connectivity index (χ1) is 10.1. The molecule has 0 heterocycles. The summed E-state index contributed by atoms with van der Waals surface area (Å²) in [6.07, 6.45) is 1.16. The Morgan fingerprint density at radius 2 is 2.05 bits per heavy atom. The van der Waals surface area contributed by atoms with Crippen molar-refractivity contribution >= 4 is 27.5 Å². The van der Waals surface area contributed by atoms with Crippen LogP contribution in [0, 0.1) is 0 Å². The normalized spacial score (nSPS) is 22.1. The van der Waals surface area contributed by atoms with Crippen LogP contribution in [-0.2, 0) is 11.8 Å². The van der Waals surface area contributed by atoms with Gasteiger partial charge < -0.3 is 10.8 Å². The molecule has 4 heteroatoms. The summed E-state index contributed by atoms with van der Waals surface area (Å²) in [7, 11) is 0. The second-order valence-electron chi connectivity index (χ2n) is 5.59. The van der Waals surface area contributed by atoms with Gasteiger partial charge in [-0.05, 0) is 57.6 Å². The van der Waals surface area contributed by atoms with E-state index in [2.05, 4.69) is 28.1 Å². The molecule has 2 nitrogen and oxygen atoms in total. The molecule has 3 N–H and O–H groups in total. The topological polar surface area (TPSA) is 46.2 Å². The van der Waals surface area contributed by atoms with Crippen LogP contribution in [0.3, 0.4) is 0 Å². The molecule has 0 amide bonds. The number of fused-ring (bicyclic) bond motifs is 1. The second kappa shape index (κ2) is 5.73. The van der Waals surface area contributed by atoms with E-state index in [4.69, 9.17) is 17.3 Å². The number of hydrogen-bond donors (Lipinski definition) is 2. The van der Waals surface area contributed by atoms with E-state index in [1.54, 1.807) is 0 Å². The summed E-state index contributed by atoms with van der Waals surface area (Å²) in [6, 6.07) is 13.8. The number of halogens is 2. The smallest absolute Gasteiger partial charge is 0.0899 e. The van der Waals surface area contributed by atoms with Crippen molar-refractivity contribution in [2.75, 3.05) is 6.54 Å². The maximum atomic E-state index is 11.0. The Balaban J connectivity index is 2.06. The van der Waals surface area contributed by atoms with Crippen molar-refractivity contribution in [2.45, 2.75) is 24.4 Å². The van der Waals surface area contributed by atoms with Gasteiger partial charge in [-0.3, -0.25) is 0 Å². The van der Waals surface area contributed by atoms with Gasteiger partial charge in [-0.25, -0.2) is 0 Å². The van der Waals surface area contributed by atoms with Gasteiger partial charge in [0.2, 0.25) is 0 Å². The summed E-state index contributed by atoms with van der Waals surface area (Å²) in [5.41, 5.74) is 8.92. The average molecular weight is 367 g/mol. The first-order valence-corrected chi connectivity index (χ1v) is 8.17. The number of benzene rings is 2. The van der Waals surface area contributed by atoms with Gasteiger partial charge >= 0.3 is 0 Å². The molecular formula is C17H17BrClNO. The highest BCUT2D eigenvalue weighted by molar-refractivity contribution is 9.10. The molecular weight excluding hydrogens is 350 g/mol. The van der Waals surface area contributed by atoms with Crippen molar-refractivity contribution in [1.29, 1.82) is 0 Å². The van der Waals surface area contributed by atoms with Crippen LogP contribution in [0.1, 0.15) is 29.2 Å². The number of aryl methyl sites for hydroxylation is 1. The Morgan fingerprint density at radius 3 is 2.76 bits per heavy atom. The summed E-state index contributed by atoms with van der Waals surface area (Å²) >= 11 is 9.54. The molecule has 3 rings (SSSR count). The van der Waals surface area contributed by atoms with E-state index >= 15 is 0 Å². The molecule has 1 aliphatic rings. The van der Waals surface area contributed by atoms with Crippen molar-refractivity contribution in [3.63, 3.8) is 0 Å². The maximum absolute atomic E-state index is 11.0. The summed E-state index contributed by atoms with van der Waals surface area (Å²) < 4.78 is 0.828. The standard InChI is InChI=1S/C17H17BrClNO/c18-14-6-5-12(9-15(14)19)16(21)17(10-20)8-7-11-3-1-2-4-13(11)17/h1-6,9,16,21H,7-8,10,20H2. The van der Waals surface area contributed by atoms with Crippen LogP contribution in [0.25, 0.3) is 0 Å². The Kier molecular flexibility index (Phi) is 4.10. The van der Waals surface area contributed by atoms with E-state index < -0.39 is 11.5 Å². The van der Waals surface area contributed by atoms with Crippen LogP contribution in [-0.4, -0.2) is 11.7 Å². The molecule has 0 radical (unpaired) electrons. The molecule has 0 aromatic heterocycles. The van der Waals surface area contributed by atoms with Gasteiger partial charge in [0.15, 0.2) is 0 Å². The van der Waals surface area contributed by atoms with Gasteiger partial charge in [-0.15, -0.1) is 0 Å². The quantitative estimate of drug-likeness (QED) is 0.863. The Hall–Kier alpha value is -0.870. The number of aliphatic hydroxyl groups is 1. The number of aliphatic hydroxyl groups excluding tert-OH is 1. The summed E-state index contributed by atoms with van der Waals surface area (Å²) in [5.74, 6) is 0. The minimum absolute atomic E-state index is 0.416. The molecule has 0 saturated heterocycles. The van der Waals surface area contributed by atoms with Gasteiger partial charge in [0.25, 0.3) is 0 Å². The molecule has 0 saturated carbocycles. The predicted octanol–water partition coefficient (Wildman–Crippen LogP) is 3.98. The summed E-state index contributed by atoms with van der Waals surface area (Å²) in [6.45, 7) is 0.416. The zero-order valence-corrected chi connectivity index (χ0v) is 13.9. The summed E-state index contributed by atoms with van der Waals surface area (Å²) in [5, 5.41) is 11.6. The molecule has 110 valence electrons. The minimum atomic E-state index is -0.656. The fourth-order valence-corrected chi connectivity index (χ4v) is 3.76. The van der Waals surface area contributed by atoms with E-state index in [9.17, 15) is 5.11 Å². The third-order valence-corrected chi connectivity index (χ3v) is 5.77. The Bertz CT molecular complexity index is 676. The van der Waals surface area contributed by atoms with Crippen LogP contribution >= 0.6 is 27.5 Å². The zero-order valence-electron chi connectivity index (χ0n) is 11.5. The molecule has 0 fully saturated rings. The van der Waals surface area contributed by atoms with E-state index in [-0.39, 0.29) is 0 Å². The fourth-order valence-electron chi connectivity index (χ4n) is 3.33. The molecule has 2 unspecified atom stereocenters. The van der Waals surface area contributed by atoms with Gasteiger partial charge in [0, 0.05) is 16.4 Å². The largest absolute Gasteiger partial charge is 0.387 e. The van der Waals surface area contributed by atoms with Crippen LogP contribution in [0.15, 0.2) is 46.9 Å². The van der Waals surface area contributed by atoms with Crippen LogP contribution in [0.5, 0.6) is 0 Å². The Labute approximate surface area is 138 Å². The summed E-state index contributed by atoms with van der Waals surface area (Å²) in [4.78, 5) is 0. The highest BCUT2D eigenvalue weighted by Gasteiger charge is 2.44. The minimum Gasteiger partial charge on any atom is -0.387 e. The van der Waals surface area contributed by atoms with Gasteiger partial charge in [0.1, 0.15) is 0 Å². The predicted molar refractivity (Wildman–Crippen MR) is 89.6 cm³/mol. The average Bonchev–Trinajstić information content (AvgIpc) is 2.89.